The first-order valence-electron chi connectivity index (χ1n) is 4.40. The minimum atomic E-state index is -3.46. The van der Waals surface area contributed by atoms with E-state index < -0.39 is 10.0 Å². The maximum Gasteiger partial charge on any atom is 0.234 e. The van der Waals surface area contributed by atoms with Gasteiger partial charge in [-0.2, -0.15) is 4.72 Å². The highest BCUT2D eigenvalue weighted by molar-refractivity contribution is 7.92. The van der Waals surface area contributed by atoms with Crippen LogP contribution in [0.25, 0.3) is 6.08 Å². The van der Waals surface area contributed by atoms with Crippen LogP contribution in [0.1, 0.15) is 5.56 Å². The summed E-state index contributed by atoms with van der Waals surface area (Å²) in [6.07, 6.45) is 6.41. The molecule has 1 N–H and O–H groups in total. The first-order chi connectivity index (χ1) is 7.53. The lowest BCUT2D eigenvalue weighted by atomic mass is 10.2. The van der Waals surface area contributed by atoms with E-state index in [1.165, 1.54) is 6.08 Å². The molecule has 0 radical (unpaired) electrons. The van der Waals surface area contributed by atoms with Crippen LogP contribution in [0.2, 0.25) is 5.02 Å². The van der Waals surface area contributed by atoms with Crippen LogP contribution in [0.4, 0.5) is 0 Å². The molecule has 0 amide bonds. The van der Waals surface area contributed by atoms with Gasteiger partial charge in [0.2, 0.25) is 10.0 Å². The zero-order valence-electron chi connectivity index (χ0n) is 8.35. The number of hydrogen-bond donors (Lipinski definition) is 1. The fourth-order valence-corrected chi connectivity index (χ4v) is 1.78. The average Bonchev–Trinajstić information content (AvgIpc) is 2.26. The normalized spacial score (nSPS) is 11.5. The number of sulfonamides is 1. The summed E-state index contributed by atoms with van der Waals surface area (Å²) in [7, 11) is -3.46. The Morgan fingerprint density at radius 3 is 2.56 bits per heavy atom. The second-order valence-corrected chi connectivity index (χ2v) is 5.01. The molecular weight excluding hydrogens is 246 g/mol. The molecule has 0 saturated carbocycles. The third-order valence-corrected chi connectivity index (χ3v) is 2.98. The first kappa shape index (κ1) is 12.8. The second-order valence-electron chi connectivity index (χ2n) is 2.92. The molecule has 0 aliphatic heterocycles. The predicted octanol–water partition coefficient (Wildman–Crippen LogP) is 1.86. The first-order valence-corrected chi connectivity index (χ1v) is 6.33. The minimum absolute atomic E-state index is 0.0205. The Morgan fingerprint density at radius 1 is 1.38 bits per heavy atom. The quantitative estimate of drug-likeness (QED) is 0.835. The molecule has 0 aliphatic carbocycles. The van der Waals surface area contributed by atoms with Crippen LogP contribution in [0.3, 0.4) is 0 Å². The molecule has 1 rings (SSSR count). The molecule has 0 saturated heterocycles. The molecule has 0 unspecified atom stereocenters. The van der Waals surface area contributed by atoms with Crippen LogP contribution < -0.4 is 4.72 Å². The largest absolute Gasteiger partial charge is 0.234 e. The Labute approximate surface area is 100 Å². The molecule has 0 aromatic heterocycles. The van der Waals surface area contributed by atoms with E-state index in [4.69, 9.17) is 18.0 Å². The molecule has 1 aromatic carbocycles. The molecule has 84 valence electrons. The van der Waals surface area contributed by atoms with Crippen LogP contribution in [-0.2, 0) is 10.0 Å². The molecule has 0 bridgehead atoms. The van der Waals surface area contributed by atoms with Crippen molar-refractivity contribution in [3.05, 3.63) is 40.3 Å². The summed E-state index contributed by atoms with van der Waals surface area (Å²) in [6.45, 7) is -0.0205. The Bertz CT molecular complexity index is 512. The fraction of sp³-hybridized carbons (Fsp3) is 0.0909. The predicted molar refractivity (Wildman–Crippen MR) is 66.2 cm³/mol. The lowest BCUT2D eigenvalue weighted by molar-refractivity contribution is 0.595. The van der Waals surface area contributed by atoms with Gasteiger partial charge in [0.05, 0.1) is 6.54 Å². The van der Waals surface area contributed by atoms with Crippen LogP contribution in [0, 0.1) is 12.3 Å². The van der Waals surface area contributed by atoms with E-state index in [1.54, 1.807) is 24.3 Å². The molecule has 0 spiro atoms. The Kier molecular flexibility index (Phi) is 4.56. The van der Waals surface area contributed by atoms with E-state index in [1.807, 2.05) is 0 Å². The number of rotatable bonds is 4. The lowest BCUT2D eigenvalue weighted by Crippen LogP contribution is -2.21. The van der Waals surface area contributed by atoms with Crippen molar-refractivity contribution in [1.29, 1.82) is 0 Å². The standard InChI is InChI=1S/C11H10ClNO2S/c1-2-8-13-16(14,15)9-7-10-3-5-11(12)6-4-10/h1,3-7,9,13H,8H2/b9-7+. The third-order valence-electron chi connectivity index (χ3n) is 1.69. The smallest absolute Gasteiger partial charge is 0.208 e. The van der Waals surface area contributed by atoms with Gasteiger partial charge in [0, 0.05) is 10.4 Å². The van der Waals surface area contributed by atoms with Crippen molar-refractivity contribution in [2.75, 3.05) is 6.54 Å². The number of halogens is 1. The van der Waals surface area contributed by atoms with Crippen LogP contribution >= 0.6 is 11.6 Å². The molecule has 0 aliphatic rings. The maximum atomic E-state index is 11.3. The summed E-state index contributed by atoms with van der Waals surface area (Å²) >= 11 is 5.69. The fourth-order valence-electron chi connectivity index (χ4n) is 0.932. The summed E-state index contributed by atoms with van der Waals surface area (Å²) in [6, 6.07) is 6.80. The second kappa shape index (κ2) is 5.71. The highest BCUT2D eigenvalue weighted by Gasteiger charge is 2.01. The van der Waals surface area contributed by atoms with Gasteiger partial charge < -0.3 is 0 Å². The summed E-state index contributed by atoms with van der Waals surface area (Å²) in [5.41, 5.74) is 0.746. The van der Waals surface area contributed by atoms with Crippen molar-refractivity contribution in [3.8, 4) is 12.3 Å². The zero-order chi connectivity index (χ0) is 12.0. The summed E-state index contributed by atoms with van der Waals surface area (Å²) in [5, 5.41) is 1.67. The molecule has 0 atom stereocenters. The van der Waals surface area contributed by atoms with Gasteiger partial charge in [-0.25, -0.2) is 8.42 Å². The molecular formula is C11H10ClNO2S. The van der Waals surface area contributed by atoms with Gasteiger partial charge >= 0.3 is 0 Å². The molecule has 1 aromatic rings. The average molecular weight is 256 g/mol. The highest BCUT2D eigenvalue weighted by Crippen LogP contribution is 2.10. The van der Waals surface area contributed by atoms with Gasteiger partial charge in [-0.15, -0.1) is 6.42 Å². The summed E-state index contributed by atoms with van der Waals surface area (Å²) < 4.78 is 24.8. The van der Waals surface area contributed by atoms with Crippen molar-refractivity contribution in [2.24, 2.45) is 0 Å². The van der Waals surface area contributed by atoms with E-state index in [0.717, 1.165) is 11.0 Å². The van der Waals surface area contributed by atoms with Gasteiger partial charge in [-0.05, 0) is 23.8 Å². The number of benzene rings is 1. The molecule has 3 nitrogen and oxygen atoms in total. The van der Waals surface area contributed by atoms with Crippen molar-refractivity contribution < 1.29 is 8.42 Å². The molecule has 5 heteroatoms. The molecule has 0 fully saturated rings. The highest BCUT2D eigenvalue weighted by atomic mass is 35.5. The van der Waals surface area contributed by atoms with Gasteiger partial charge in [-0.1, -0.05) is 29.7 Å². The van der Waals surface area contributed by atoms with Crippen molar-refractivity contribution in [3.63, 3.8) is 0 Å². The summed E-state index contributed by atoms with van der Waals surface area (Å²) in [4.78, 5) is 0. The van der Waals surface area contributed by atoms with Crippen LogP contribution in [0.5, 0.6) is 0 Å². The Morgan fingerprint density at radius 2 is 2.00 bits per heavy atom. The Hall–Kier alpha value is -1.28. The topological polar surface area (TPSA) is 46.2 Å². The number of terminal acetylenes is 1. The SMILES string of the molecule is C#CCNS(=O)(=O)/C=C/c1ccc(Cl)cc1. The van der Waals surface area contributed by atoms with Crippen LogP contribution in [0.15, 0.2) is 29.7 Å². The van der Waals surface area contributed by atoms with Crippen molar-refractivity contribution >= 4 is 27.7 Å². The van der Waals surface area contributed by atoms with E-state index in [2.05, 4.69) is 10.6 Å². The van der Waals surface area contributed by atoms with E-state index in [-0.39, 0.29) is 6.54 Å². The zero-order valence-corrected chi connectivity index (χ0v) is 9.92. The minimum Gasteiger partial charge on any atom is -0.208 e. The van der Waals surface area contributed by atoms with E-state index in [0.29, 0.717) is 5.02 Å². The molecule has 16 heavy (non-hydrogen) atoms. The third kappa shape index (κ3) is 4.49. The Balaban J connectivity index is 2.74. The maximum absolute atomic E-state index is 11.3. The molecule has 0 heterocycles. The van der Waals surface area contributed by atoms with Gasteiger partial charge in [0.25, 0.3) is 0 Å². The van der Waals surface area contributed by atoms with Gasteiger partial charge in [-0.3, -0.25) is 0 Å². The van der Waals surface area contributed by atoms with Gasteiger partial charge in [0.15, 0.2) is 0 Å². The van der Waals surface area contributed by atoms with Gasteiger partial charge in [0.1, 0.15) is 0 Å². The van der Waals surface area contributed by atoms with Crippen molar-refractivity contribution in [1.82, 2.24) is 4.72 Å². The summed E-state index contributed by atoms with van der Waals surface area (Å²) in [5.74, 6) is 2.19. The van der Waals surface area contributed by atoms with Crippen molar-refractivity contribution in [2.45, 2.75) is 0 Å². The number of hydrogen-bond acceptors (Lipinski definition) is 2. The lowest BCUT2D eigenvalue weighted by Gasteiger charge is -1.97. The monoisotopic (exact) mass is 255 g/mol. The van der Waals surface area contributed by atoms with E-state index in [9.17, 15) is 8.42 Å². The van der Waals surface area contributed by atoms with Crippen LogP contribution in [-0.4, -0.2) is 15.0 Å². The van der Waals surface area contributed by atoms with E-state index >= 15 is 0 Å². The number of nitrogens with one attached hydrogen (secondary N) is 1.